The van der Waals surface area contributed by atoms with Crippen LogP contribution in [-0.2, 0) is 20.8 Å². The second-order valence-electron chi connectivity index (χ2n) is 8.28. The molecule has 4 rings (SSSR count). The molecule has 150 valence electrons. The normalized spacial score (nSPS) is 24.5. The third-order valence-corrected chi connectivity index (χ3v) is 6.58. The summed E-state index contributed by atoms with van der Waals surface area (Å²) in [5.74, 6) is -0.0393. The molecule has 2 N–H and O–H groups in total. The van der Waals surface area contributed by atoms with E-state index in [2.05, 4.69) is 5.32 Å². The molecule has 3 fully saturated rings. The van der Waals surface area contributed by atoms with Gasteiger partial charge in [-0.25, -0.2) is 0 Å². The van der Waals surface area contributed by atoms with E-state index in [1.54, 1.807) is 12.1 Å². The van der Waals surface area contributed by atoms with E-state index in [0.29, 0.717) is 48.6 Å². The minimum Gasteiger partial charge on any atom is -0.380 e. The number of ketones is 1. The highest BCUT2D eigenvalue weighted by Crippen LogP contribution is 2.36. The van der Waals surface area contributed by atoms with Crippen molar-refractivity contribution in [3.63, 3.8) is 0 Å². The van der Waals surface area contributed by atoms with Gasteiger partial charge < -0.3 is 15.3 Å². The van der Waals surface area contributed by atoms with Crippen LogP contribution in [0.4, 0.5) is 5.69 Å². The molecule has 6 nitrogen and oxygen atoms in total. The van der Waals surface area contributed by atoms with Crippen LogP contribution in [0.2, 0.25) is 5.02 Å². The zero-order chi connectivity index (χ0) is 19.9. The van der Waals surface area contributed by atoms with Crippen LogP contribution in [0.15, 0.2) is 18.2 Å². The van der Waals surface area contributed by atoms with Gasteiger partial charge in [-0.2, -0.15) is 0 Å². The SMILES string of the molecule is O=C1CCC(N2CCC(Cc3ccc(NC(=O)C4(O)CC4)cc3Cl)C2=O)CC1. The van der Waals surface area contributed by atoms with Gasteiger partial charge in [0.1, 0.15) is 11.4 Å². The first-order valence-corrected chi connectivity index (χ1v) is 10.4. The van der Waals surface area contributed by atoms with Gasteiger partial charge in [0.05, 0.1) is 0 Å². The maximum absolute atomic E-state index is 12.8. The van der Waals surface area contributed by atoms with Crippen molar-refractivity contribution in [1.82, 2.24) is 4.90 Å². The number of hydrogen-bond acceptors (Lipinski definition) is 4. The molecule has 3 aliphatic rings. The highest BCUT2D eigenvalue weighted by atomic mass is 35.5. The third-order valence-electron chi connectivity index (χ3n) is 6.23. The van der Waals surface area contributed by atoms with Gasteiger partial charge in [-0.1, -0.05) is 17.7 Å². The fraction of sp³-hybridized carbons (Fsp3) is 0.571. The van der Waals surface area contributed by atoms with Crippen LogP contribution >= 0.6 is 11.6 Å². The molecule has 1 aliphatic heterocycles. The smallest absolute Gasteiger partial charge is 0.256 e. The number of likely N-dealkylation sites (tertiary alicyclic amines) is 1. The maximum atomic E-state index is 12.8. The Labute approximate surface area is 169 Å². The van der Waals surface area contributed by atoms with Gasteiger partial charge in [-0.05, 0) is 56.2 Å². The van der Waals surface area contributed by atoms with Crippen LogP contribution in [0.1, 0.15) is 50.5 Å². The van der Waals surface area contributed by atoms with Gasteiger partial charge in [0.15, 0.2) is 0 Å². The molecule has 1 aromatic rings. The molecule has 0 radical (unpaired) electrons. The second kappa shape index (κ2) is 7.48. The number of amides is 2. The number of halogens is 1. The summed E-state index contributed by atoms with van der Waals surface area (Å²) < 4.78 is 0. The monoisotopic (exact) mass is 404 g/mol. The summed E-state index contributed by atoms with van der Waals surface area (Å²) in [7, 11) is 0. The molecule has 28 heavy (non-hydrogen) atoms. The molecular weight excluding hydrogens is 380 g/mol. The summed E-state index contributed by atoms with van der Waals surface area (Å²) in [6.45, 7) is 0.743. The van der Waals surface area contributed by atoms with E-state index in [1.807, 2.05) is 11.0 Å². The van der Waals surface area contributed by atoms with Crippen molar-refractivity contribution in [2.45, 2.75) is 63.0 Å². The van der Waals surface area contributed by atoms with Crippen LogP contribution in [0.25, 0.3) is 0 Å². The molecule has 1 heterocycles. The van der Waals surface area contributed by atoms with Crippen LogP contribution in [0.5, 0.6) is 0 Å². The second-order valence-corrected chi connectivity index (χ2v) is 8.69. The Balaban J connectivity index is 1.37. The Hall–Kier alpha value is -1.92. The van der Waals surface area contributed by atoms with Gasteiger partial charge in [-0.3, -0.25) is 14.4 Å². The molecule has 2 aliphatic carbocycles. The lowest BCUT2D eigenvalue weighted by molar-refractivity contribution is -0.135. The summed E-state index contributed by atoms with van der Waals surface area (Å²) in [5.41, 5.74) is 0.198. The zero-order valence-corrected chi connectivity index (χ0v) is 16.5. The van der Waals surface area contributed by atoms with Crippen LogP contribution in [0, 0.1) is 5.92 Å². The Morgan fingerprint density at radius 2 is 1.93 bits per heavy atom. The van der Waals surface area contributed by atoms with E-state index in [1.165, 1.54) is 0 Å². The predicted molar refractivity (Wildman–Crippen MR) is 105 cm³/mol. The Bertz CT molecular complexity index is 811. The number of nitrogens with zero attached hydrogens (tertiary/aromatic N) is 1. The predicted octanol–water partition coefficient (Wildman–Crippen LogP) is 2.71. The number of rotatable bonds is 5. The topological polar surface area (TPSA) is 86.7 Å². The van der Waals surface area contributed by atoms with E-state index >= 15 is 0 Å². The number of nitrogens with one attached hydrogen (secondary N) is 1. The molecule has 0 bridgehead atoms. The first-order valence-electron chi connectivity index (χ1n) is 10.0. The first-order chi connectivity index (χ1) is 13.4. The standard InChI is InChI=1S/C21H25ClN2O4/c22-18-12-15(23-20(27)21(28)8-9-21)2-1-13(18)11-14-7-10-24(19(14)26)16-3-5-17(25)6-4-16/h1-2,12,14,16,28H,3-11H2,(H,23,27). The third kappa shape index (κ3) is 3.94. The van der Waals surface area contributed by atoms with Gasteiger partial charge in [0.2, 0.25) is 5.91 Å². The number of hydrogen-bond donors (Lipinski definition) is 2. The molecule has 2 amide bonds. The van der Waals surface area contributed by atoms with Crippen molar-refractivity contribution < 1.29 is 19.5 Å². The Morgan fingerprint density at radius 1 is 1.21 bits per heavy atom. The molecular formula is C21H25ClN2O4. The Morgan fingerprint density at radius 3 is 2.57 bits per heavy atom. The van der Waals surface area contributed by atoms with Crippen LogP contribution in [-0.4, -0.2) is 45.8 Å². The van der Waals surface area contributed by atoms with Crippen molar-refractivity contribution in [3.05, 3.63) is 28.8 Å². The Kier molecular flexibility index (Phi) is 5.19. The van der Waals surface area contributed by atoms with E-state index in [-0.39, 0.29) is 17.9 Å². The minimum atomic E-state index is -1.23. The lowest BCUT2D eigenvalue weighted by Gasteiger charge is -2.30. The molecule has 0 spiro atoms. The number of benzene rings is 1. The zero-order valence-electron chi connectivity index (χ0n) is 15.7. The average molecular weight is 405 g/mol. The fourth-order valence-electron chi connectivity index (χ4n) is 4.20. The van der Waals surface area contributed by atoms with Crippen molar-refractivity contribution >= 4 is 34.9 Å². The molecule has 1 atom stereocenters. The molecule has 2 saturated carbocycles. The van der Waals surface area contributed by atoms with Crippen molar-refractivity contribution in [2.24, 2.45) is 5.92 Å². The fourth-order valence-corrected chi connectivity index (χ4v) is 4.46. The van der Waals surface area contributed by atoms with Crippen LogP contribution in [0.3, 0.4) is 0 Å². The van der Waals surface area contributed by atoms with Crippen LogP contribution < -0.4 is 5.32 Å². The van der Waals surface area contributed by atoms with E-state index in [9.17, 15) is 19.5 Å². The quantitative estimate of drug-likeness (QED) is 0.789. The molecule has 0 aromatic heterocycles. The maximum Gasteiger partial charge on any atom is 0.256 e. The van der Waals surface area contributed by atoms with Gasteiger partial charge >= 0.3 is 0 Å². The highest BCUT2D eigenvalue weighted by molar-refractivity contribution is 6.31. The first kappa shape index (κ1) is 19.4. The van der Waals surface area contributed by atoms with E-state index in [0.717, 1.165) is 31.4 Å². The molecule has 1 unspecified atom stereocenters. The number of carbonyl (C=O) groups is 3. The summed E-state index contributed by atoms with van der Waals surface area (Å²) in [6.07, 6.45) is 5.04. The summed E-state index contributed by atoms with van der Waals surface area (Å²) >= 11 is 6.39. The summed E-state index contributed by atoms with van der Waals surface area (Å²) in [4.78, 5) is 38.2. The van der Waals surface area contributed by atoms with Crippen molar-refractivity contribution in [2.75, 3.05) is 11.9 Å². The number of anilines is 1. The number of aliphatic hydroxyl groups is 1. The molecule has 7 heteroatoms. The van der Waals surface area contributed by atoms with Gasteiger partial charge in [0.25, 0.3) is 5.91 Å². The molecule has 1 aromatic carbocycles. The minimum absolute atomic E-state index is 0.0947. The van der Waals surface area contributed by atoms with Crippen molar-refractivity contribution in [3.8, 4) is 0 Å². The lowest BCUT2D eigenvalue weighted by Crippen LogP contribution is -2.40. The van der Waals surface area contributed by atoms with Crippen molar-refractivity contribution in [1.29, 1.82) is 0 Å². The summed E-state index contributed by atoms with van der Waals surface area (Å²) in [6, 6.07) is 5.46. The van der Waals surface area contributed by atoms with Gasteiger partial charge in [0, 0.05) is 42.1 Å². The van der Waals surface area contributed by atoms with E-state index < -0.39 is 11.5 Å². The number of carbonyl (C=O) groups excluding carboxylic acids is 3. The number of Topliss-reactive ketones (excluding diaryl/α,β-unsaturated/α-hetero) is 1. The van der Waals surface area contributed by atoms with E-state index in [4.69, 9.17) is 11.6 Å². The largest absolute Gasteiger partial charge is 0.380 e. The summed E-state index contributed by atoms with van der Waals surface area (Å²) in [5, 5.41) is 13.0. The average Bonchev–Trinajstić information content (AvgIpc) is 3.33. The van der Waals surface area contributed by atoms with Gasteiger partial charge in [-0.15, -0.1) is 0 Å². The molecule has 1 saturated heterocycles. The highest BCUT2D eigenvalue weighted by Gasteiger charge is 2.48. The lowest BCUT2D eigenvalue weighted by atomic mass is 9.93.